The van der Waals surface area contributed by atoms with Gasteiger partial charge in [-0.2, -0.15) is 0 Å². The van der Waals surface area contributed by atoms with E-state index >= 15 is 0 Å². The van der Waals surface area contributed by atoms with Crippen LogP contribution in [0.2, 0.25) is 0 Å². The molecular formula is C12H18N2O3. The summed E-state index contributed by atoms with van der Waals surface area (Å²) in [5.74, 6) is 0.521. The van der Waals surface area contributed by atoms with Crippen LogP contribution in [0.4, 0.5) is 11.4 Å². The molecule has 0 fully saturated rings. The Hall–Kier alpha value is -1.62. The lowest BCUT2D eigenvalue weighted by atomic mass is 10.2. The lowest BCUT2D eigenvalue weighted by molar-refractivity contribution is -0.384. The van der Waals surface area contributed by atoms with Gasteiger partial charge in [-0.05, 0) is 12.0 Å². The van der Waals surface area contributed by atoms with Gasteiger partial charge in [-0.25, -0.2) is 0 Å². The zero-order valence-electron chi connectivity index (χ0n) is 10.2. The highest BCUT2D eigenvalue weighted by Crippen LogP contribution is 2.16. The van der Waals surface area contributed by atoms with Gasteiger partial charge < -0.3 is 10.1 Å². The average molecular weight is 238 g/mol. The predicted molar refractivity (Wildman–Crippen MR) is 67.2 cm³/mol. The van der Waals surface area contributed by atoms with E-state index in [1.165, 1.54) is 12.1 Å². The topological polar surface area (TPSA) is 64.4 Å². The fourth-order valence-corrected chi connectivity index (χ4v) is 1.32. The van der Waals surface area contributed by atoms with Gasteiger partial charge in [0.1, 0.15) is 0 Å². The Labute approximate surface area is 101 Å². The molecule has 1 N–H and O–H groups in total. The van der Waals surface area contributed by atoms with Crippen molar-refractivity contribution in [2.75, 3.05) is 25.1 Å². The van der Waals surface area contributed by atoms with Crippen LogP contribution in [0.5, 0.6) is 0 Å². The number of anilines is 1. The highest BCUT2D eigenvalue weighted by Gasteiger charge is 2.04. The Morgan fingerprint density at radius 2 is 2.24 bits per heavy atom. The van der Waals surface area contributed by atoms with Crippen LogP contribution < -0.4 is 5.32 Å². The zero-order valence-corrected chi connectivity index (χ0v) is 10.2. The van der Waals surface area contributed by atoms with Crippen molar-refractivity contribution >= 4 is 11.4 Å². The standard InChI is InChI=1S/C12H18N2O3/c1-10(2)9-17-7-6-13-11-4-3-5-12(8-11)14(15)16/h3-5,8,10,13H,6-7,9H2,1-2H3. The zero-order chi connectivity index (χ0) is 12.7. The van der Waals surface area contributed by atoms with Gasteiger partial charge in [0.05, 0.1) is 11.5 Å². The van der Waals surface area contributed by atoms with Crippen molar-refractivity contribution in [2.24, 2.45) is 5.92 Å². The summed E-state index contributed by atoms with van der Waals surface area (Å²) in [5, 5.41) is 13.6. The van der Waals surface area contributed by atoms with Crippen LogP contribution in [0.3, 0.4) is 0 Å². The molecular weight excluding hydrogens is 220 g/mol. The van der Waals surface area contributed by atoms with Crippen molar-refractivity contribution in [1.29, 1.82) is 0 Å². The molecule has 5 heteroatoms. The largest absolute Gasteiger partial charge is 0.383 e. The number of benzene rings is 1. The van der Waals surface area contributed by atoms with Crippen molar-refractivity contribution in [3.63, 3.8) is 0 Å². The maximum atomic E-state index is 10.6. The Balaban J connectivity index is 2.31. The Bertz CT molecular complexity index is 367. The van der Waals surface area contributed by atoms with E-state index in [2.05, 4.69) is 19.2 Å². The van der Waals surface area contributed by atoms with Crippen molar-refractivity contribution < 1.29 is 9.66 Å². The number of rotatable bonds is 7. The molecule has 5 nitrogen and oxygen atoms in total. The first-order chi connectivity index (χ1) is 8.09. The van der Waals surface area contributed by atoms with Gasteiger partial charge in [-0.3, -0.25) is 10.1 Å². The third-order valence-electron chi connectivity index (χ3n) is 2.08. The van der Waals surface area contributed by atoms with Crippen LogP contribution in [-0.2, 0) is 4.74 Å². The van der Waals surface area contributed by atoms with Crippen LogP contribution in [0, 0.1) is 16.0 Å². The molecule has 0 aliphatic heterocycles. The molecule has 0 amide bonds. The van der Waals surface area contributed by atoms with Crippen molar-refractivity contribution in [1.82, 2.24) is 0 Å². The summed E-state index contributed by atoms with van der Waals surface area (Å²) in [7, 11) is 0. The Morgan fingerprint density at radius 1 is 1.47 bits per heavy atom. The number of ether oxygens (including phenoxy) is 1. The lowest BCUT2D eigenvalue weighted by Crippen LogP contribution is -2.12. The number of nitrogens with zero attached hydrogens (tertiary/aromatic N) is 1. The molecule has 94 valence electrons. The maximum Gasteiger partial charge on any atom is 0.271 e. The first-order valence-electron chi connectivity index (χ1n) is 5.65. The van der Waals surface area contributed by atoms with Gasteiger partial charge in [0.25, 0.3) is 5.69 Å². The second kappa shape index (κ2) is 6.85. The van der Waals surface area contributed by atoms with Gasteiger partial charge in [-0.1, -0.05) is 19.9 Å². The van der Waals surface area contributed by atoms with Gasteiger partial charge >= 0.3 is 0 Å². The van der Waals surface area contributed by atoms with E-state index in [0.29, 0.717) is 19.1 Å². The van der Waals surface area contributed by atoms with Crippen LogP contribution in [0.15, 0.2) is 24.3 Å². The second-order valence-corrected chi connectivity index (χ2v) is 4.20. The predicted octanol–water partition coefficient (Wildman–Crippen LogP) is 2.68. The van der Waals surface area contributed by atoms with Crippen LogP contribution in [-0.4, -0.2) is 24.7 Å². The minimum Gasteiger partial charge on any atom is -0.383 e. The number of hydrogen-bond donors (Lipinski definition) is 1. The summed E-state index contributed by atoms with van der Waals surface area (Å²) in [6.45, 7) is 6.16. The summed E-state index contributed by atoms with van der Waals surface area (Å²) in [5.41, 5.74) is 0.838. The first kappa shape index (κ1) is 13.4. The monoisotopic (exact) mass is 238 g/mol. The molecule has 1 aromatic rings. The van der Waals surface area contributed by atoms with E-state index in [-0.39, 0.29) is 5.69 Å². The van der Waals surface area contributed by atoms with Gasteiger partial charge in [0, 0.05) is 31.0 Å². The van der Waals surface area contributed by atoms with E-state index in [4.69, 9.17) is 4.74 Å². The number of nitro benzene ring substituents is 1. The summed E-state index contributed by atoms with van der Waals surface area (Å²) < 4.78 is 5.40. The van der Waals surface area contributed by atoms with E-state index in [0.717, 1.165) is 12.3 Å². The first-order valence-corrected chi connectivity index (χ1v) is 5.65. The molecule has 0 aliphatic rings. The highest BCUT2D eigenvalue weighted by atomic mass is 16.6. The SMILES string of the molecule is CC(C)COCCNc1cccc([N+](=O)[O-])c1. The van der Waals surface area contributed by atoms with Crippen molar-refractivity contribution in [2.45, 2.75) is 13.8 Å². The smallest absolute Gasteiger partial charge is 0.271 e. The third kappa shape index (κ3) is 5.31. The molecule has 1 aromatic carbocycles. The molecule has 0 radical (unpaired) electrons. The normalized spacial score (nSPS) is 10.5. The summed E-state index contributed by atoms with van der Waals surface area (Å²) in [6.07, 6.45) is 0. The van der Waals surface area contributed by atoms with Crippen LogP contribution in [0.1, 0.15) is 13.8 Å². The molecule has 0 bridgehead atoms. The summed E-state index contributed by atoms with van der Waals surface area (Å²) in [4.78, 5) is 10.2. The molecule has 0 saturated carbocycles. The number of hydrogen-bond acceptors (Lipinski definition) is 4. The Kier molecular flexibility index (Phi) is 5.42. The van der Waals surface area contributed by atoms with Crippen molar-refractivity contribution in [3.05, 3.63) is 34.4 Å². The third-order valence-corrected chi connectivity index (χ3v) is 2.08. The van der Waals surface area contributed by atoms with Gasteiger partial charge in [-0.15, -0.1) is 0 Å². The maximum absolute atomic E-state index is 10.6. The van der Waals surface area contributed by atoms with Gasteiger partial charge in [0.15, 0.2) is 0 Å². The van der Waals surface area contributed by atoms with Gasteiger partial charge in [0.2, 0.25) is 0 Å². The molecule has 0 atom stereocenters. The molecule has 1 rings (SSSR count). The summed E-state index contributed by atoms with van der Waals surface area (Å²) in [6, 6.07) is 6.45. The fraction of sp³-hybridized carbons (Fsp3) is 0.500. The molecule has 0 saturated heterocycles. The number of nitrogens with one attached hydrogen (secondary N) is 1. The molecule has 17 heavy (non-hydrogen) atoms. The molecule has 0 unspecified atom stereocenters. The van der Waals surface area contributed by atoms with E-state index < -0.39 is 4.92 Å². The lowest BCUT2D eigenvalue weighted by Gasteiger charge is -2.08. The van der Waals surface area contributed by atoms with Crippen LogP contribution >= 0.6 is 0 Å². The Morgan fingerprint density at radius 3 is 2.88 bits per heavy atom. The highest BCUT2D eigenvalue weighted by molar-refractivity contribution is 5.50. The molecule has 0 aliphatic carbocycles. The van der Waals surface area contributed by atoms with E-state index in [1.54, 1.807) is 12.1 Å². The number of nitro groups is 1. The molecule has 0 aromatic heterocycles. The van der Waals surface area contributed by atoms with E-state index in [9.17, 15) is 10.1 Å². The second-order valence-electron chi connectivity index (χ2n) is 4.20. The molecule has 0 spiro atoms. The van der Waals surface area contributed by atoms with E-state index in [1.807, 2.05) is 0 Å². The quantitative estimate of drug-likeness (QED) is 0.450. The minimum atomic E-state index is -0.402. The fourth-order valence-electron chi connectivity index (χ4n) is 1.32. The number of non-ortho nitro benzene ring substituents is 1. The average Bonchev–Trinajstić information content (AvgIpc) is 2.28. The van der Waals surface area contributed by atoms with Crippen LogP contribution in [0.25, 0.3) is 0 Å². The molecule has 0 heterocycles. The minimum absolute atomic E-state index is 0.0955. The summed E-state index contributed by atoms with van der Waals surface area (Å²) >= 11 is 0. The van der Waals surface area contributed by atoms with Crippen molar-refractivity contribution in [3.8, 4) is 0 Å².